The fraction of sp³-hybridized carbons (Fsp3) is 0.692. The van der Waals surface area contributed by atoms with Crippen LogP contribution in [0, 0.1) is 28.1 Å². The van der Waals surface area contributed by atoms with E-state index in [0.717, 1.165) is 0 Å². The van der Waals surface area contributed by atoms with Crippen LogP contribution in [-0.4, -0.2) is 26.2 Å². The van der Waals surface area contributed by atoms with Gasteiger partial charge in [-0.2, -0.15) is 10.5 Å². The summed E-state index contributed by atoms with van der Waals surface area (Å²) < 4.78 is 8.99. The predicted molar refractivity (Wildman–Crippen MR) is 65.4 cm³/mol. The van der Waals surface area contributed by atoms with Crippen molar-refractivity contribution >= 4 is 11.9 Å². The lowest BCUT2D eigenvalue weighted by Crippen LogP contribution is -2.17. The molecule has 0 amide bonds. The van der Waals surface area contributed by atoms with Gasteiger partial charge in [0.2, 0.25) is 0 Å². The number of hydrogen-bond donors (Lipinski definition) is 0. The van der Waals surface area contributed by atoms with Crippen molar-refractivity contribution in [1.82, 2.24) is 0 Å². The van der Waals surface area contributed by atoms with Gasteiger partial charge >= 0.3 is 11.9 Å². The SMILES string of the molecule is COC(=O)CCCC(C#N)(C#N)CCCC(=O)OC. The highest BCUT2D eigenvalue weighted by Crippen LogP contribution is 2.29. The van der Waals surface area contributed by atoms with E-state index in [-0.39, 0.29) is 37.6 Å². The molecular formula is C13H18N2O4. The number of esters is 2. The molecule has 0 heterocycles. The van der Waals surface area contributed by atoms with Crippen LogP contribution in [0.5, 0.6) is 0 Å². The Hall–Kier alpha value is -2.08. The van der Waals surface area contributed by atoms with Gasteiger partial charge in [-0.15, -0.1) is 0 Å². The van der Waals surface area contributed by atoms with E-state index in [2.05, 4.69) is 9.47 Å². The Morgan fingerprint density at radius 3 is 1.58 bits per heavy atom. The van der Waals surface area contributed by atoms with Crippen molar-refractivity contribution in [3.8, 4) is 12.1 Å². The quantitative estimate of drug-likeness (QED) is 0.620. The van der Waals surface area contributed by atoms with Crippen LogP contribution in [0.25, 0.3) is 0 Å². The van der Waals surface area contributed by atoms with Gasteiger partial charge in [-0.1, -0.05) is 0 Å². The Labute approximate surface area is 112 Å². The molecule has 0 spiro atoms. The molecule has 6 heteroatoms. The minimum Gasteiger partial charge on any atom is -0.469 e. The van der Waals surface area contributed by atoms with Crippen molar-refractivity contribution in [3.63, 3.8) is 0 Å². The minimum atomic E-state index is -1.15. The van der Waals surface area contributed by atoms with E-state index in [1.54, 1.807) is 0 Å². The van der Waals surface area contributed by atoms with E-state index in [1.165, 1.54) is 14.2 Å². The first kappa shape index (κ1) is 16.9. The molecule has 6 nitrogen and oxygen atoms in total. The molecule has 0 aliphatic rings. The minimum absolute atomic E-state index is 0.179. The van der Waals surface area contributed by atoms with Crippen molar-refractivity contribution in [2.45, 2.75) is 38.5 Å². The summed E-state index contributed by atoms with van der Waals surface area (Å²) in [6, 6.07) is 3.97. The summed E-state index contributed by atoms with van der Waals surface area (Å²) in [5.74, 6) is -0.723. The zero-order valence-corrected chi connectivity index (χ0v) is 11.3. The molecule has 0 aliphatic heterocycles. The zero-order chi connectivity index (χ0) is 14.7. The van der Waals surface area contributed by atoms with Crippen molar-refractivity contribution < 1.29 is 19.1 Å². The molecule has 19 heavy (non-hydrogen) atoms. The smallest absolute Gasteiger partial charge is 0.305 e. The van der Waals surface area contributed by atoms with Gasteiger partial charge in [0.25, 0.3) is 0 Å². The lowest BCUT2D eigenvalue weighted by atomic mass is 9.81. The monoisotopic (exact) mass is 266 g/mol. The number of hydrogen-bond acceptors (Lipinski definition) is 6. The third-order valence-corrected chi connectivity index (χ3v) is 2.85. The van der Waals surface area contributed by atoms with E-state index in [1.807, 2.05) is 12.1 Å². The maximum Gasteiger partial charge on any atom is 0.305 e. The second-order valence-electron chi connectivity index (χ2n) is 4.17. The molecule has 0 aromatic rings. The molecular weight excluding hydrogens is 248 g/mol. The van der Waals surface area contributed by atoms with Gasteiger partial charge in [0, 0.05) is 12.8 Å². The number of carbonyl (C=O) groups excluding carboxylic acids is 2. The molecule has 0 N–H and O–H groups in total. The first-order chi connectivity index (χ1) is 9.03. The molecule has 0 atom stereocenters. The Morgan fingerprint density at radius 2 is 1.32 bits per heavy atom. The number of methoxy groups -OCH3 is 2. The van der Waals surface area contributed by atoms with Crippen LogP contribution >= 0.6 is 0 Å². The van der Waals surface area contributed by atoms with Gasteiger partial charge < -0.3 is 9.47 Å². The summed E-state index contributed by atoms with van der Waals surface area (Å²) in [4.78, 5) is 21.9. The van der Waals surface area contributed by atoms with Gasteiger partial charge in [0.05, 0.1) is 26.4 Å². The first-order valence-corrected chi connectivity index (χ1v) is 5.99. The molecule has 104 valence electrons. The number of nitriles is 2. The van der Waals surface area contributed by atoms with E-state index in [0.29, 0.717) is 12.8 Å². The maximum atomic E-state index is 11.0. The van der Waals surface area contributed by atoms with Gasteiger partial charge in [-0.05, 0) is 25.7 Å². The molecule has 0 saturated carbocycles. The summed E-state index contributed by atoms with van der Waals surface area (Å²) >= 11 is 0. The zero-order valence-electron chi connectivity index (χ0n) is 11.3. The average Bonchev–Trinajstić information content (AvgIpc) is 2.45. The lowest BCUT2D eigenvalue weighted by molar-refractivity contribution is -0.141. The molecule has 0 bridgehead atoms. The lowest BCUT2D eigenvalue weighted by Gasteiger charge is -2.17. The van der Waals surface area contributed by atoms with Crippen LogP contribution < -0.4 is 0 Å². The fourth-order valence-electron chi connectivity index (χ4n) is 1.65. The third-order valence-electron chi connectivity index (χ3n) is 2.85. The molecule has 0 aromatic carbocycles. The van der Waals surface area contributed by atoms with Crippen LogP contribution in [0.2, 0.25) is 0 Å². The molecule has 0 aromatic heterocycles. The van der Waals surface area contributed by atoms with E-state index in [9.17, 15) is 9.59 Å². The Morgan fingerprint density at radius 1 is 0.947 bits per heavy atom. The van der Waals surface area contributed by atoms with Crippen molar-refractivity contribution in [2.75, 3.05) is 14.2 Å². The molecule has 0 aliphatic carbocycles. The molecule has 0 unspecified atom stereocenters. The fourth-order valence-corrected chi connectivity index (χ4v) is 1.65. The Bertz CT molecular complexity index is 354. The van der Waals surface area contributed by atoms with Crippen LogP contribution in [0.3, 0.4) is 0 Å². The largest absolute Gasteiger partial charge is 0.469 e. The van der Waals surface area contributed by atoms with Gasteiger partial charge in [-0.3, -0.25) is 9.59 Å². The van der Waals surface area contributed by atoms with Crippen molar-refractivity contribution in [2.24, 2.45) is 5.41 Å². The normalized spacial score (nSPS) is 10.1. The standard InChI is InChI=1S/C13H18N2O4/c1-18-11(16)5-3-7-13(9-14,10-15)8-4-6-12(17)19-2/h3-8H2,1-2H3. The van der Waals surface area contributed by atoms with Gasteiger partial charge in [-0.25, -0.2) is 0 Å². The van der Waals surface area contributed by atoms with Crippen molar-refractivity contribution in [3.05, 3.63) is 0 Å². The summed E-state index contributed by atoms with van der Waals surface area (Å²) in [6.07, 6.45) is 1.75. The van der Waals surface area contributed by atoms with E-state index < -0.39 is 5.41 Å². The highest BCUT2D eigenvalue weighted by atomic mass is 16.5. The molecule has 0 rings (SSSR count). The Kier molecular flexibility index (Phi) is 7.95. The third kappa shape index (κ3) is 6.42. The van der Waals surface area contributed by atoms with Gasteiger partial charge in [0.1, 0.15) is 5.41 Å². The summed E-state index contributed by atoms with van der Waals surface area (Å²) in [5, 5.41) is 18.2. The summed E-state index contributed by atoms with van der Waals surface area (Å²) in [7, 11) is 2.58. The summed E-state index contributed by atoms with van der Waals surface area (Å²) in [6.45, 7) is 0. The van der Waals surface area contributed by atoms with E-state index in [4.69, 9.17) is 10.5 Å². The number of carbonyl (C=O) groups is 2. The Balaban J connectivity index is 4.28. The summed E-state index contributed by atoms with van der Waals surface area (Å²) in [5.41, 5.74) is -1.15. The molecule has 0 saturated heterocycles. The second kappa shape index (κ2) is 8.93. The first-order valence-electron chi connectivity index (χ1n) is 5.99. The second-order valence-corrected chi connectivity index (χ2v) is 4.17. The number of ether oxygens (including phenoxy) is 2. The topological polar surface area (TPSA) is 100 Å². The molecule has 0 fully saturated rings. The predicted octanol–water partition coefficient (Wildman–Crippen LogP) is 1.71. The number of nitrogens with zero attached hydrogens (tertiary/aromatic N) is 2. The van der Waals surface area contributed by atoms with Gasteiger partial charge in [0.15, 0.2) is 0 Å². The van der Waals surface area contributed by atoms with Crippen LogP contribution in [0.15, 0.2) is 0 Å². The molecule has 0 radical (unpaired) electrons. The highest BCUT2D eigenvalue weighted by molar-refractivity contribution is 5.69. The van der Waals surface area contributed by atoms with Crippen molar-refractivity contribution in [1.29, 1.82) is 10.5 Å². The average molecular weight is 266 g/mol. The van der Waals surface area contributed by atoms with Crippen LogP contribution in [-0.2, 0) is 19.1 Å². The van der Waals surface area contributed by atoms with E-state index >= 15 is 0 Å². The van der Waals surface area contributed by atoms with Crippen LogP contribution in [0.4, 0.5) is 0 Å². The number of rotatable bonds is 8. The highest BCUT2D eigenvalue weighted by Gasteiger charge is 2.29. The van der Waals surface area contributed by atoms with Crippen LogP contribution in [0.1, 0.15) is 38.5 Å². The maximum absolute atomic E-state index is 11.0.